The lowest BCUT2D eigenvalue weighted by Gasteiger charge is -2.25. The highest BCUT2D eigenvalue weighted by atomic mass is 35.5. The van der Waals surface area contributed by atoms with Gasteiger partial charge >= 0.3 is 0 Å². The lowest BCUT2D eigenvalue weighted by Crippen LogP contribution is -2.31. The van der Waals surface area contributed by atoms with Crippen molar-refractivity contribution in [3.63, 3.8) is 0 Å². The second kappa shape index (κ2) is 10.7. The van der Waals surface area contributed by atoms with Gasteiger partial charge in [0.1, 0.15) is 5.58 Å². The van der Waals surface area contributed by atoms with Gasteiger partial charge in [-0.3, -0.25) is 9.59 Å². The van der Waals surface area contributed by atoms with Gasteiger partial charge in [-0.2, -0.15) is 0 Å². The number of carbonyl (C=O) groups excluding carboxylic acids is 1. The van der Waals surface area contributed by atoms with Crippen molar-refractivity contribution < 1.29 is 23.4 Å². The normalized spacial score (nSPS) is 15.2. The molecular weight excluding hydrogens is 470 g/mol. The van der Waals surface area contributed by atoms with Crippen molar-refractivity contribution >= 4 is 28.5 Å². The van der Waals surface area contributed by atoms with E-state index >= 15 is 0 Å². The van der Waals surface area contributed by atoms with Gasteiger partial charge in [0.25, 0.3) is 5.91 Å². The summed E-state index contributed by atoms with van der Waals surface area (Å²) in [7, 11) is 3.19. The molecule has 0 saturated heterocycles. The van der Waals surface area contributed by atoms with Gasteiger partial charge in [0.15, 0.2) is 16.9 Å². The Bertz CT molecular complexity index is 1280. The molecule has 0 radical (unpaired) electrons. The van der Waals surface area contributed by atoms with Gasteiger partial charge in [-0.05, 0) is 54.7 Å². The first-order chi connectivity index (χ1) is 16.8. The molecule has 0 fully saturated rings. The molecule has 7 nitrogen and oxygen atoms in total. The Morgan fingerprint density at radius 2 is 1.86 bits per heavy atom. The molecule has 1 aliphatic heterocycles. The van der Waals surface area contributed by atoms with E-state index in [4.69, 9.17) is 30.2 Å². The molecule has 1 amide bonds. The van der Waals surface area contributed by atoms with Crippen LogP contribution in [0.4, 0.5) is 0 Å². The number of amides is 1. The first-order valence-corrected chi connectivity index (χ1v) is 12.1. The number of carbonyl (C=O) groups is 1. The number of halogens is 1. The van der Waals surface area contributed by atoms with Crippen molar-refractivity contribution in [1.82, 2.24) is 4.90 Å². The van der Waals surface area contributed by atoms with Crippen LogP contribution in [0.25, 0.3) is 11.0 Å². The van der Waals surface area contributed by atoms with Crippen molar-refractivity contribution in [3.05, 3.63) is 68.5 Å². The third-order valence-electron chi connectivity index (χ3n) is 6.13. The molecule has 0 aliphatic carbocycles. The number of hydrogen-bond acceptors (Lipinski definition) is 6. The number of ether oxygens (including phenoxy) is 3. The molecule has 2 aromatic carbocycles. The molecule has 1 aliphatic rings. The van der Waals surface area contributed by atoms with Crippen LogP contribution in [-0.4, -0.2) is 44.8 Å². The molecule has 35 heavy (non-hydrogen) atoms. The van der Waals surface area contributed by atoms with E-state index in [2.05, 4.69) is 13.8 Å². The van der Waals surface area contributed by atoms with E-state index in [0.717, 1.165) is 12.0 Å². The molecular formula is C27H30ClNO6. The molecule has 1 aromatic heterocycles. The van der Waals surface area contributed by atoms with Crippen LogP contribution in [0.15, 0.2) is 45.6 Å². The maximum absolute atomic E-state index is 13.6. The van der Waals surface area contributed by atoms with Crippen molar-refractivity contribution in [2.45, 2.75) is 32.7 Å². The molecule has 1 atom stereocenters. The Kier molecular flexibility index (Phi) is 7.67. The van der Waals surface area contributed by atoms with E-state index < -0.39 is 6.04 Å². The van der Waals surface area contributed by atoms with Gasteiger partial charge < -0.3 is 23.5 Å². The summed E-state index contributed by atoms with van der Waals surface area (Å²) >= 11 is 6.15. The van der Waals surface area contributed by atoms with E-state index in [1.54, 1.807) is 37.3 Å². The molecule has 1 unspecified atom stereocenters. The van der Waals surface area contributed by atoms with Crippen LogP contribution in [0.3, 0.4) is 0 Å². The number of methoxy groups -OCH3 is 2. The fourth-order valence-electron chi connectivity index (χ4n) is 4.33. The predicted molar refractivity (Wildman–Crippen MR) is 135 cm³/mol. The van der Waals surface area contributed by atoms with Crippen LogP contribution >= 0.6 is 11.6 Å². The molecule has 3 aromatic rings. The zero-order chi connectivity index (χ0) is 25.1. The van der Waals surface area contributed by atoms with Gasteiger partial charge in [0.05, 0.1) is 30.7 Å². The topological polar surface area (TPSA) is 78.2 Å². The third kappa shape index (κ3) is 5.02. The minimum atomic E-state index is -0.632. The first kappa shape index (κ1) is 25.1. The summed E-state index contributed by atoms with van der Waals surface area (Å²) in [5.74, 6) is 1.40. The summed E-state index contributed by atoms with van der Waals surface area (Å²) < 4.78 is 22.7. The van der Waals surface area contributed by atoms with E-state index in [9.17, 15) is 9.59 Å². The predicted octanol–water partition coefficient (Wildman–Crippen LogP) is 5.46. The quantitative estimate of drug-likeness (QED) is 0.345. The summed E-state index contributed by atoms with van der Waals surface area (Å²) in [6.07, 6.45) is 1.53. The third-order valence-corrected chi connectivity index (χ3v) is 6.37. The van der Waals surface area contributed by atoms with Crippen molar-refractivity contribution in [1.29, 1.82) is 0 Å². The smallest absolute Gasteiger partial charge is 0.290 e. The summed E-state index contributed by atoms with van der Waals surface area (Å²) in [5, 5.41) is 0.764. The van der Waals surface area contributed by atoms with E-state index in [0.29, 0.717) is 65.2 Å². The van der Waals surface area contributed by atoms with Gasteiger partial charge in [-0.25, -0.2) is 0 Å². The Hall–Kier alpha value is -3.03. The zero-order valence-electron chi connectivity index (χ0n) is 20.4. The monoisotopic (exact) mass is 499 g/mol. The number of benzene rings is 2. The molecule has 8 heteroatoms. The van der Waals surface area contributed by atoms with Crippen molar-refractivity contribution in [3.8, 4) is 11.5 Å². The molecule has 0 bridgehead atoms. The highest BCUT2D eigenvalue weighted by molar-refractivity contribution is 6.31. The Labute approximate surface area is 209 Å². The summed E-state index contributed by atoms with van der Waals surface area (Å²) in [6, 6.07) is 9.70. The minimum absolute atomic E-state index is 0.0588. The van der Waals surface area contributed by atoms with E-state index in [1.165, 1.54) is 0 Å². The van der Waals surface area contributed by atoms with Crippen molar-refractivity contribution in [2.24, 2.45) is 5.92 Å². The van der Waals surface area contributed by atoms with Crippen molar-refractivity contribution in [2.75, 3.05) is 34.0 Å². The average molecular weight is 500 g/mol. The number of nitrogens with zero attached hydrogens (tertiary/aromatic N) is 1. The van der Waals surface area contributed by atoms with Crippen LogP contribution < -0.4 is 14.9 Å². The van der Waals surface area contributed by atoms with Crippen LogP contribution in [0, 0.1) is 5.92 Å². The van der Waals surface area contributed by atoms with Crippen LogP contribution in [0.5, 0.6) is 11.5 Å². The lowest BCUT2D eigenvalue weighted by molar-refractivity contribution is 0.0707. The Morgan fingerprint density at radius 1 is 1.06 bits per heavy atom. The van der Waals surface area contributed by atoms with E-state index in [-0.39, 0.29) is 17.1 Å². The lowest BCUT2D eigenvalue weighted by atomic mass is 9.98. The zero-order valence-corrected chi connectivity index (χ0v) is 21.2. The highest BCUT2D eigenvalue weighted by Gasteiger charge is 2.42. The van der Waals surface area contributed by atoms with E-state index in [1.807, 2.05) is 18.2 Å². The SMILES string of the molecule is COCCCN1C(=O)c2oc3ccc(Cl)cc3c(=O)c2C1c1ccc(OCCC(C)C)c(OC)c1. The largest absolute Gasteiger partial charge is 0.493 e. The second-order valence-corrected chi connectivity index (χ2v) is 9.44. The van der Waals surface area contributed by atoms with Crippen LogP contribution in [0.1, 0.15) is 54.4 Å². The maximum atomic E-state index is 13.6. The summed E-state index contributed by atoms with van der Waals surface area (Å²) in [5.41, 5.74) is 1.09. The molecule has 0 saturated carbocycles. The molecule has 0 spiro atoms. The summed E-state index contributed by atoms with van der Waals surface area (Å²) in [6.45, 7) is 5.72. The highest BCUT2D eigenvalue weighted by Crippen LogP contribution is 2.41. The Balaban J connectivity index is 1.81. The van der Waals surface area contributed by atoms with Crippen LogP contribution in [-0.2, 0) is 4.74 Å². The minimum Gasteiger partial charge on any atom is -0.493 e. The van der Waals surface area contributed by atoms with Gasteiger partial charge in [0, 0.05) is 25.3 Å². The van der Waals surface area contributed by atoms with Gasteiger partial charge in [-0.1, -0.05) is 31.5 Å². The fraction of sp³-hybridized carbons (Fsp3) is 0.407. The maximum Gasteiger partial charge on any atom is 0.290 e. The molecule has 186 valence electrons. The number of rotatable bonds is 10. The first-order valence-electron chi connectivity index (χ1n) is 11.7. The molecule has 0 N–H and O–H groups in total. The molecule has 4 rings (SSSR count). The van der Waals surface area contributed by atoms with Gasteiger partial charge in [0.2, 0.25) is 5.76 Å². The number of fused-ring (bicyclic) bond motifs is 2. The standard InChI is InChI=1S/C27H30ClNO6/c1-16(2)10-13-34-21-8-6-17(14-22(21)33-4)24-23-25(30)19-15-18(28)7-9-20(19)35-26(23)27(31)29(24)11-5-12-32-3/h6-9,14-16,24H,5,10-13H2,1-4H3. The Morgan fingerprint density at radius 3 is 2.57 bits per heavy atom. The van der Waals surface area contributed by atoms with Gasteiger partial charge in [-0.15, -0.1) is 0 Å². The molecule has 2 heterocycles. The summed E-state index contributed by atoms with van der Waals surface area (Å²) in [4.78, 5) is 28.7. The fourth-order valence-corrected chi connectivity index (χ4v) is 4.50. The second-order valence-electron chi connectivity index (χ2n) is 9.00. The average Bonchev–Trinajstić information content (AvgIpc) is 3.11. The van der Waals surface area contributed by atoms with Crippen LogP contribution in [0.2, 0.25) is 5.02 Å². The number of hydrogen-bond donors (Lipinski definition) is 0.